The third-order valence-electron chi connectivity index (χ3n) is 7.68. The molecule has 0 aromatic heterocycles. The van der Waals surface area contributed by atoms with E-state index in [-0.39, 0.29) is 23.0 Å². The molecule has 3 saturated carbocycles. The topological polar surface area (TPSA) is 52.6 Å². The molecule has 0 amide bonds. The molecule has 0 N–H and O–H groups in total. The van der Waals surface area contributed by atoms with Gasteiger partial charge in [0.25, 0.3) is 0 Å². The second-order valence-corrected chi connectivity index (χ2v) is 12.0. The quantitative estimate of drug-likeness (QED) is 0.705. The molecule has 1 saturated heterocycles. The summed E-state index contributed by atoms with van der Waals surface area (Å²) in [5, 5.41) is 0. The molecule has 1 unspecified atom stereocenters. The second kappa shape index (κ2) is 5.81. The van der Waals surface area contributed by atoms with E-state index in [1.807, 2.05) is 30.3 Å². The van der Waals surface area contributed by atoms with Crippen molar-refractivity contribution in [1.29, 1.82) is 0 Å². The van der Waals surface area contributed by atoms with E-state index in [4.69, 9.17) is 9.47 Å². The van der Waals surface area contributed by atoms with Gasteiger partial charge < -0.3 is 0 Å². The Hall–Kier alpha value is -0.871. The van der Waals surface area contributed by atoms with E-state index in [9.17, 15) is 8.63 Å². The van der Waals surface area contributed by atoms with Gasteiger partial charge in [0, 0.05) is 0 Å². The van der Waals surface area contributed by atoms with Crippen LogP contribution in [0.4, 0.5) is 0 Å². The van der Waals surface area contributed by atoms with E-state index < -0.39 is 23.9 Å². The predicted octanol–water partition coefficient (Wildman–Crippen LogP) is 2.99. The Morgan fingerprint density at radius 1 is 1.12 bits per heavy atom. The first kappa shape index (κ1) is 17.2. The van der Waals surface area contributed by atoms with Crippen LogP contribution in [0.25, 0.3) is 0 Å². The number of carbonyl (C=O) groups is 1. The van der Waals surface area contributed by atoms with Crippen LogP contribution in [0.3, 0.4) is 0 Å². The molecule has 5 atom stereocenters. The predicted molar refractivity (Wildman–Crippen MR) is 97.6 cm³/mol. The second-order valence-electron chi connectivity index (χ2n) is 8.48. The van der Waals surface area contributed by atoms with Crippen LogP contribution in [0.1, 0.15) is 45.4 Å². The summed E-state index contributed by atoms with van der Waals surface area (Å²) in [4.78, 5) is 13.3. The van der Waals surface area contributed by atoms with Gasteiger partial charge in [0.15, 0.2) is 0 Å². The Bertz CT molecular complexity index is 757. The van der Waals surface area contributed by atoms with Gasteiger partial charge in [-0.1, -0.05) is 0 Å². The van der Waals surface area contributed by atoms with Crippen LogP contribution in [0.2, 0.25) is 4.31 Å². The molecule has 26 heavy (non-hydrogen) atoms. The summed E-state index contributed by atoms with van der Waals surface area (Å²) < 4.78 is 26.5. The molecular formula is C21H26O4Se. The summed E-state index contributed by atoms with van der Waals surface area (Å²) in [6.07, 6.45) is 5.43. The molecule has 4 nitrogen and oxygen atoms in total. The molecule has 0 spiro atoms. The molecule has 3 aliphatic carbocycles. The average Bonchev–Trinajstić information content (AvgIpc) is 3.32. The van der Waals surface area contributed by atoms with Crippen LogP contribution in [-0.4, -0.2) is 38.6 Å². The summed E-state index contributed by atoms with van der Waals surface area (Å²) >= 11 is -2.53. The Morgan fingerprint density at radius 2 is 1.85 bits per heavy atom. The van der Waals surface area contributed by atoms with Gasteiger partial charge in [0.2, 0.25) is 0 Å². The Labute approximate surface area is 158 Å². The van der Waals surface area contributed by atoms with Crippen molar-refractivity contribution in [1.82, 2.24) is 0 Å². The van der Waals surface area contributed by atoms with Gasteiger partial charge in [0.05, 0.1) is 0 Å². The first-order chi connectivity index (χ1) is 12.5. The van der Waals surface area contributed by atoms with Gasteiger partial charge in [0.1, 0.15) is 0 Å². The van der Waals surface area contributed by atoms with Crippen LogP contribution in [0.5, 0.6) is 0 Å². The number of ketones is 1. The number of ether oxygens (including phenoxy) is 2. The zero-order chi connectivity index (χ0) is 18.0. The van der Waals surface area contributed by atoms with E-state index in [0.29, 0.717) is 19.6 Å². The summed E-state index contributed by atoms with van der Waals surface area (Å²) in [6, 6.07) is 9.73. The molecular weight excluding hydrogens is 395 g/mol. The molecule has 1 aliphatic heterocycles. The third kappa shape index (κ3) is 1.95. The van der Waals surface area contributed by atoms with E-state index in [1.54, 1.807) is 0 Å². The van der Waals surface area contributed by atoms with Crippen molar-refractivity contribution in [2.45, 2.75) is 55.5 Å². The normalized spacial score (nSPS) is 42.0. The van der Waals surface area contributed by atoms with E-state index in [1.165, 1.54) is 0 Å². The van der Waals surface area contributed by atoms with Gasteiger partial charge in [-0.15, -0.1) is 0 Å². The van der Waals surface area contributed by atoms with Crippen LogP contribution in [0.15, 0.2) is 30.3 Å². The van der Waals surface area contributed by atoms with Crippen molar-refractivity contribution in [3.8, 4) is 0 Å². The van der Waals surface area contributed by atoms with Gasteiger partial charge in [-0.25, -0.2) is 0 Å². The molecule has 4 aliphatic rings. The molecule has 5 heteroatoms. The molecule has 1 aromatic rings. The van der Waals surface area contributed by atoms with Crippen molar-refractivity contribution in [3.05, 3.63) is 30.3 Å². The first-order valence-electron chi connectivity index (χ1n) is 9.83. The Balaban J connectivity index is 1.67. The minimum atomic E-state index is -2.53. The van der Waals surface area contributed by atoms with Crippen molar-refractivity contribution in [2.75, 3.05) is 13.2 Å². The number of rotatable bonds is 3. The SMILES string of the molecule is CC1([C@@]23CCC[C@@H](C2)[C@@]2([Se](=O)c4ccccc4)C(=O)CC[C@H]23)OCCO1. The standard InChI is InChI=1S/C21H26O4Se/c1-19(24-12-13-25-19)20-11-5-6-15(14-20)21(17(20)9-10-18(21)22)26(23)16-7-3-2-4-8-16/h2-4,7-8,15,17H,5-6,9-14H2,1H3/t15-,17-,20-,21-,26?/m0/s1. The molecule has 5 rings (SSSR count). The van der Waals surface area contributed by atoms with E-state index in [2.05, 4.69) is 6.92 Å². The molecule has 4 fully saturated rings. The van der Waals surface area contributed by atoms with Gasteiger partial charge in [-0.3, -0.25) is 0 Å². The fourth-order valence-corrected chi connectivity index (χ4v) is 11.4. The summed E-state index contributed by atoms with van der Waals surface area (Å²) in [7, 11) is 0. The number of Topliss-reactive ketones (excluding diaryl/α,β-unsaturated/α-hetero) is 1. The number of fused-ring (bicyclic) bond motifs is 5. The van der Waals surface area contributed by atoms with Crippen molar-refractivity contribution < 1.29 is 18.1 Å². The third-order valence-corrected chi connectivity index (χ3v) is 12.2. The van der Waals surface area contributed by atoms with Crippen molar-refractivity contribution in [3.63, 3.8) is 0 Å². The van der Waals surface area contributed by atoms with Crippen molar-refractivity contribution >= 4 is 24.1 Å². The van der Waals surface area contributed by atoms with Crippen LogP contribution >= 0.6 is 0 Å². The fourth-order valence-electron chi connectivity index (χ4n) is 6.72. The van der Waals surface area contributed by atoms with E-state index in [0.717, 1.165) is 36.6 Å². The molecule has 140 valence electrons. The van der Waals surface area contributed by atoms with Crippen molar-refractivity contribution in [2.24, 2.45) is 17.3 Å². The summed E-state index contributed by atoms with van der Waals surface area (Å²) in [5.74, 6) is -0.0447. The van der Waals surface area contributed by atoms with Gasteiger partial charge in [-0.05, 0) is 0 Å². The van der Waals surface area contributed by atoms with Crippen LogP contribution < -0.4 is 4.46 Å². The number of hydrogen-bond acceptors (Lipinski definition) is 4. The first-order valence-corrected chi connectivity index (χ1v) is 12.2. The van der Waals surface area contributed by atoms with E-state index >= 15 is 0 Å². The zero-order valence-electron chi connectivity index (χ0n) is 15.2. The zero-order valence-corrected chi connectivity index (χ0v) is 17.0. The summed E-state index contributed by atoms with van der Waals surface area (Å²) in [5.41, 5.74) is -0.167. The average molecular weight is 421 g/mol. The Kier molecular flexibility index (Phi) is 3.85. The maximum absolute atomic E-state index is 14.0. The number of hydrogen-bond donors (Lipinski definition) is 0. The molecule has 2 bridgehead atoms. The van der Waals surface area contributed by atoms with Gasteiger partial charge >= 0.3 is 159 Å². The molecule has 1 heterocycles. The maximum atomic E-state index is 14.0. The summed E-state index contributed by atoms with van der Waals surface area (Å²) in [6.45, 7) is 3.31. The monoisotopic (exact) mass is 422 g/mol. The Morgan fingerprint density at radius 3 is 2.58 bits per heavy atom. The minimum absolute atomic E-state index is 0.126. The van der Waals surface area contributed by atoms with Gasteiger partial charge in [-0.2, -0.15) is 0 Å². The van der Waals surface area contributed by atoms with Crippen LogP contribution in [0, 0.1) is 17.3 Å². The number of carbonyl (C=O) groups excluding carboxylic acids is 1. The number of benzene rings is 1. The van der Waals surface area contributed by atoms with Crippen LogP contribution in [-0.2, 0) is 18.1 Å². The fraction of sp³-hybridized carbons (Fsp3) is 0.667. The molecule has 0 radical (unpaired) electrons. The molecule has 1 aromatic carbocycles.